The Labute approximate surface area is 129 Å². The van der Waals surface area contributed by atoms with Crippen molar-refractivity contribution in [2.75, 3.05) is 43.9 Å². The molecule has 0 aromatic carbocycles. The minimum Gasteiger partial charge on any atom is -0.369 e. The van der Waals surface area contributed by atoms with E-state index in [0.717, 1.165) is 28.5 Å². The molecular formula is C15H23N5S. The highest BCUT2D eigenvalue weighted by Crippen LogP contribution is 2.27. The summed E-state index contributed by atoms with van der Waals surface area (Å²) in [4.78, 5) is 12.6. The van der Waals surface area contributed by atoms with Crippen LogP contribution in [-0.4, -0.2) is 48.1 Å². The van der Waals surface area contributed by atoms with Gasteiger partial charge in [-0.1, -0.05) is 6.92 Å². The van der Waals surface area contributed by atoms with E-state index in [1.807, 2.05) is 7.05 Å². The van der Waals surface area contributed by atoms with Gasteiger partial charge >= 0.3 is 0 Å². The van der Waals surface area contributed by atoms with Gasteiger partial charge in [0.25, 0.3) is 0 Å². The van der Waals surface area contributed by atoms with Crippen molar-refractivity contribution in [1.82, 2.24) is 14.9 Å². The van der Waals surface area contributed by atoms with E-state index in [4.69, 9.17) is 0 Å². The Morgan fingerprint density at radius 1 is 1.33 bits per heavy atom. The fraction of sp³-hybridized carbons (Fsp3) is 0.600. The zero-order valence-electron chi connectivity index (χ0n) is 12.7. The summed E-state index contributed by atoms with van der Waals surface area (Å²) >= 11 is 1.66. The van der Waals surface area contributed by atoms with Crippen LogP contribution in [0, 0.1) is 5.92 Å². The molecule has 3 rings (SSSR count). The standard InChI is InChI=1S/C15H23N5S/c1-3-20-7-4-11(5-8-20)10-17-13-12-6-9-21-14(12)19-15(16-2)18-13/h6,9,11H,3-5,7-8,10H2,1-2H3,(H2,16,17,18,19). The van der Waals surface area contributed by atoms with E-state index >= 15 is 0 Å². The molecule has 21 heavy (non-hydrogen) atoms. The lowest BCUT2D eigenvalue weighted by Crippen LogP contribution is -2.35. The highest BCUT2D eigenvalue weighted by Gasteiger charge is 2.18. The number of thiophene rings is 1. The Morgan fingerprint density at radius 2 is 2.14 bits per heavy atom. The molecule has 0 atom stereocenters. The molecule has 2 aromatic rings. The number of fused-ring (bicyclic) bond motifs is 1. The molecule has 0 radical (unpaired) electrons. The number of hydrogen-bond acceptors (Lipinski definition) is 6. The van der Waals surface area contributed by atoms with Gasteiger partial charge in [0.1, 0.15) is 10.6 Å². The number of piperidine rings is 1. The van der Waals surface area contributed by atoms with Gasteiger partial charge in [0.15, 0.2) is 0 Å². The number of nitrogens with one attached hydrogen (secondary N) is 2. The van der Waals surface area contributed by atoms with Crippen LogP contribution in [0.15, 0.2) is 11.4 Å². The SMILES string of the molecule is CCN1CCC(CNc2nc(NC)nc3sccc23)CC1. The van der Waals surface area contributed by atoms with Crippen LogP contribution < -0.4 is 10.6 Å². The molecule has 3 heterocycles. The molecule has 1 fully saturated rings. The topological polar surface area (TPSA) is 53.1 Å². The van der Waals surface area contributed by atoms with E-state index in [0.29, 0.717) is 5.95 Å². The average molecular weight is 305 g/mol. The molecule has 2 N–H and O–H groups in total. The monoisotopic (exact) mass is 305 g/mol. The Balaban J connectivity index is 1.66. The number of nitrogens with zero attached hydrogens (tertiary/aromatic N) is 3. The fourth-order valence-electron chi connectivity index (χ4n) is 2.85. The summed E-state index contributed by atoms with van der Waals surface area (Å²) in [5, 5.41) is 9.79. The maximum absolute atomic E-state index is 4.57. The van der Waals surface area contributed by atoms with Crippen LogP contribution >= 0.6 is 11.3 Å². The van der Waals surface area contributed by atoms with Crippen LogP contribution in [0.4, 0.5) is 11.8 Å². The summed E-state index contributed by atoms with van der Waals surface area (Å²) in [7, 11) is 1.86. The highest BCUT2D eigenvalue weighted by atomic mass is 32.1. The van der Waals surface area contributed by atoms with Gasteiger partial charge in [0.2, 0.25) is 5.95 Å². The first-order valence-electron chi connectivity index (χ1n) is 7.69. The number of likely N-dealkylation sites (tertiary alicyclic amines) is 1. The van der Waals surface area contributed by atoms with E-state index in [1.54, 1.807) is 11.3 Å². The van der Waals surface area contributed by atoms with Crippen molar-refractivity contribution in [2.45, 2.75) is 19.8 Å². The van der Waals surface area contributed by atoms with Crippen molar-refractivity contribution in [1.29, 1.82) is 0 Å². The van der Waals surface area contributed by atoms with Gasteiger partial charge in [0, 0.05) is 13.6 Å². The molecular weight excluding hydrogens is 282 g/mol. The fourth-order valence-corrected chi connectivity index (χ4v) is 3.61. The van der Waals surface area contributed by atoms with E-state index in [1.165, 1.54) is 32.5 Å². The van der Waals surface area contributed by atoms with Crippen molar-refractivity contribution in [3.63, 3.8) is 0 Å². The molecule has 1 aliphatic heterocycles. The molecule has 0 bridgehead atoms. The second-order valence-electron chi connectivity index (χ2n) is 5.54. The molecule has 1 saturated heterocycles. The molecule has 114 valence electrons. The predicted molar refractivity (Wildman–Crippen MR) is 90.3 cm³/mol. The lowest BCUT2D eigenvalue weighted by atomic mass is 9.97. The summed E-state index contributed by atoms with van der Waals surface area (Å²) < 4.78 is 0. The van der Waals surface area contributed by atoms with Crippen LogP contribution in [0.3, 0.4) is 0 Å². The number of anilines is 2. The predicted octanol–water partition coefficient (Wildman–Crippen LogP) is 2.88. The number of rotatable bonds is 5. The van der Waals surface area contributed by atoms with Gasteiger partial charge in [0.05, 0.1) is 5.39 Å². The molecule has 2 aromatic heterocycles. The molecule has 5 nitrogen and oxygen atoms in total. The maximum Gasteiger partial charge on any atom is 0.225 e. The third kappa shape index (κ3) is 3.27. The van der Waals surface area contributed by atoms with E-state index in [2.05, 4.69) is 43.9 Å². The van der Waals surface area contributed by atoms with Crippen LogP contribution in [-0.2, 0) is 0 Å². The Bertz CT molecular complexity index is 589. The van der Waals surface area contributed by atoms with E-state index in [9.17, 15) is 0 Å². The van der Waals surface area contributed by atoms with Crippen molar-refractivity contribution in [3.8, 4) is 0 Å². The maximum atomic E-state index is 4.57. The quantitative estimate of drug-likeness (QED) is 0.889. The molecule has 0 aliphatic carbocycles. The largest absolute Gasteiger partial charge is 0.369 e. The molecule has 6 heteroatoms. The molecule has 0 amide bonds. The molecule has 0 saturated carbocycles. The van der Waals surface area contributed by atoms with Crippen LogP contribution in [0.25, 0.3) is 10.2 Å². The van der Waals surface area contributed by atoms with Crippen molar-refractivity contribution >= 4 is 33.3 Å². The number of aromatic nitrogens is 2. The van der Waals surface area contributed by atoms with Gasteiger partial charge in [-0.05, 0) is 49.8 Å². The summed E-state index contributed by atoms with van der Waals surface area (Å²) in [5.74, 6) is 2.39. The summed E-state index contributed by atoms with van der Waals surface area (Å²) in [5.41, 5.74) is 0. The Hall–Kier alpha value is -1.40. The van der Waals surface area contributed by atoms with Crippen molar-refractivity contribution < 1.29 is 0 Å². The summed E-state index contributed by atoms with van der Waals surface area (Å²) in [6.07, 6.45) is 2.55. The lowest BCUT2D eigenvalue weighted by Gasteiger charge is -2.31. The second kappa shape index (κ2) is 6.58. The third-order valence-electron chi connectivity index (χ3n) is 4.26. The first-order valence-corrected chi connectivity index (χ1v) is 8.57. The van der Waals surface area contributed by atoms with Crippen molar-refractivity contribution in [2.24, 2.45) is 5.92 Å². The first-order chi connectivity index (χ1) is 10.3. The first kappa shape index (κ1) is 14.5. The van der Waals surface area contributed by atoms with E-state index < -0.39 is 0 Å². The van der Waals surface area contributed by atoms with Crippen LogP contribution in [0.2, 0.25) is 0 Å². The Kier molecular flexibility index (Phi) is 4.55. The van der Waals surface area contributed by atoms with E-state index in [-0.39, 0.29) is 0 Å². The zero-order chi connectivity index (χ0) is 14.7. The highest BCUT2D eigenvalue weighted by molar-refractivity contribution is 7.16. The second-order valence-corrected chi connectivity index (χ2v) is 6.44. The minimum absolute atomic E-state index is 0.688. The minimum atomic E-state index is 0.688. The smallest absolute Gasteiger partial charge is 0.225 e. The molecule has 0 unspecified atom stereocenters. The Morgan fingerprint density at radius 3 is 2.86 bits per heavy atom. The third-order valence-corrected chi connectivity index (χ3v) is 5.07. The summed E-state index contributed by atoms with van der Waals surface area (Å²) in [6.45, 7) is 6.87. The molecule has 0 spiro atoms. The van der Waals surface area contributed by atoms with Gasteiger partial charge in [-0.25, -0.2) is 4.98 Å². The van der Waals surface area contributed by atoms with Gasteiger partial charge < -0.3 is 15.5 Å². The van der Waals surface area contributed by atoms with Crippen LogP contribution in [0.1, 0.15) is 19.8 Å². The molecule has 1 aliphatic rings. The lowest BCUT2D eigenvalue weighted by molar-refractivity contribution is 0.198. The van der Waals surface area contributed by atoms with Crippen LogP contribution in [0.5, 0.6) is 0 Å². The summed E-state index contributed by atoms with van der Waals surface area (Å²) in [6, 6.07) is 2.10. The van der Waals surface area contributed by atoms with Gasteiger partial charge in [-0.15, -0.1) is 11.3 Å². The van der Waals surface area contributed by atoms with Gasteiger partial charge in [-0.2, -0.15) is 4.98 Å². The van der Waals surface area contributed by atoms with Crippen molar-refractivity contribution in [3.05, 3.63) is 11.4 Å². The number of hydrogen-bond donors (Lipinski definition) is 2. The van der Waals surface area contributed by atoms with Gasteiger partial charge in [-0.3, -0.25) is 0 Å². The normalized spacial score (nSPS) is 17.2. The zero-order valence-corrected chi connectivity index (χ0v) is 13.5. The average Bonchev–Trinajstić information content (AvgIpc) is 3.01.